The Hall–Kier alpha value is -2.21. The van der Waals surface area contributed by atoms with E-state index in [2.05, 4.69) is 9.97 Å². The molecule has 1 N–H and O–H groups in total. The Bertz CT molecular complexity index is 860. The molecule has 3 rings (SSSR count). The molecule has 0 aliphatic rings. The summed E-state index contributed by atoms with van der Waals surface area (Å²) < 4.78 is 2.14. The van der Waals surface area contributed by atoms with Crippen molar-refractivity contribution in [3.05, 3.63) is 61.9 Å². The fourth-order valence-electron chi connectivity index (χ4n) is 1.94. The monoisotopic (exact) mass is 273 g/mol. The van der Waals surface area contributed by atoms with Gasteiger partial charge in [-0.25, -0.2) is 4.98 Å². The molecule has 0 amide bonds. The zero-order valence-corrected chi connectivity index (χ0v) is 11.0. The topological polar surface area (TPSA) is 67.8 Å². The highest BCUT2D eigenvalue weighted by Gasteiger charge is 2.06. The average molecular weight is 273 g/mol. The number of H-pyrrole nitrogens is 1. The number of nitrogens with one attached hydrogen (secondary N) is 1. The SMILES string of the molecule is Cc1cccn(Cc2nc3ccsc3c(=O)[nH]2)c1=O. The minimum atomic E-state index is -0.157. The predicted molar refractivity (Wildman–Crippen MR) is 74.8 cm³/mol. The molecule has 0 radical (unpaired) electrons. The number of hydrogen-bond donors (Lipinski definition) is 1. The van der Waals surface area contributed by atoms with E-state index in [0.29, 0.717) is 21.6 Å². The predicted octanol–water partition coefficient (Wildman–Crippen LogP) is 1.50. The average Bonchev–Trinajstić information content (AvgIpc) is 2.84. The third kappa shape index (κ3) is 2.10. The minimum absolute atomic E-state index is 0.0736. The van der Waals surface area contributed by atoms with E-state index in [4.69, 9.17) is 0 Å². The maximum atomic E-state index is 11.9. The fraction of sp³-hybridized carbons (Fsp3) is 0.154. The second kappa shape index (κ2) is 4.47. The first-order chi connectivity index (χ1) is 9.15. The molecule has 19 heavy (non-hydrogen) atoms. The second-order valence-electron chi connectivity index (χ2n) is 4.27. The van der Waals surface area contributed by atoms with E-state index >= 15 is 0 Å². The lowest BCUT2D eigenvalue weighted by molar-refractivity contribution is 0.711. The molecule has 96 valence electrons. The summed E-state index contributed by atoms with van der Waals surface area (Å²) in [5.74, 6) is 0.489. The Morgan fingerprint density at radius 1 is 1.37 bits per heavy atom. The lowest BCUT2D eigenvalue weighted by atomic mass is 10.3. The first kappa shape index (κ1) is 11.9. The van der Waals surface area contributed by atoms with Crippen molar-refractivity contribution >= 4 is 21.6 Å². The van der Waals surface area contributed by atoms with Crippen LogP contribution in [-0.2, 0) is 6.54 Å². The Balaban J connectivity index is 2.08. The van der Waals surface area contributed by atoms with Crippen LogP contribution in [-0.4, -0.2) is 14.5 Å². The second-order valence-corrected chi connectivity index (χ2v) is 5.19. The van der Waals surface area contributed by atoms with Crippen molar-refractivity contribution in [1.29, 1.82) is 0 Å². The van der Waals surface area contributed by atoms with Crippen LogP contribution in [0.25, 0.3) is 10.2 Å². The standard InChI is InChI=1S/C13H11N3O2S/c1-8-3-2-5-16(13(8)18)7-10-14-9-4-6-19-11(9)12(17)15-10/h2-6H,7H2,1H3,(H,14,15,17). The Morgan fingerprint density at radius 2 is 2.21 bits per heavy atom. The molecule has 0 atom stereocenters. The summed E-state index contributed by atoms with van der Waals surface area (Å²) in [6.07, 6.45) is 1.69. The van der Waals surface area contributed by atoms with Crippen molar-refractivity contribution in [3.63, 3.8) is 0 Å². The highest BCUT2D eigenvalue weighted by Crippen LogP contribution is 2.13. The summed E-state index contributed by atoms with van der Waals surface area (Å²) >= 11 is 1.36. The van der Waals surface area contributed by atoms with Gasteiger partial charge in [-0.3, -0.25) is 9.59 Å². The molecule has 6 heteroatoms. The van der Waals surface area contributed by atoms with Crippen molar-refractivity contribution in [1.82, 2.24) is 14.5 Å². The molecular formula is C13H11N3O2S. The molecule has 0 fully saturated rings. The van der Waals surface area contributed by atoms with Gasteiger partial charge in [0.25, 0.3) is 11.1 Å². The van der Waals surface area contributed by atoms with Crippen LogP contribution >= 0.6 is 11.3 Å². The lowest BCUT2D eigenvalue weighted by Gasteiger charge is -2.05. The van der Waals surface area contributed by atoms with Crippen molar-refractivity contribution in [2.45, 2.75) is 13.5 Å². The Kier molecular flexibility index (Phi) is 2.79. The molecule has 0 saturated carbocycles. The summed E-state index contributed by atoms with van der Waals surface area (Å²) in [5.41, 5.74) is 1.11. The van der Waals surface area contributed by atoms with E-state index in [1.165, 1.54) is 15.9 Å². The fourth-order valence-corrected chi connectivity index (χ4v) is 2.66. The zero-order valence-electron chi connectivity index (χ0n) is 10.2. The van der Waals surface area contributed by atoms with E-state index in [9.17, 15) is 9.59 Å². The summed E-state index contributed by atoms with van der Waals surface area (Å²) in [4.78, 5) is 30.8. The van der Waals surface area contributed by atoms with Crippen molar-refractivity contribution in [2.24, 2.45) is 0 Å². The van der Waals surface area contributed by atoms with Crippen molar-refractivity contribution < 1.29 is 0 Å². The van der Waals surface area contributed by atoms with Gasteiger partial charge in [-0.1, -0.05) is 6.07 Å². The van der Waals surface area contributed by atoms with Crippen LogP contribution in [0.3, 0.4) is 0 Å². The van der Waals surface area contributed by atoms with Crippen LogP contribution in [0.15, 0.2) is 39.4 Å². The third-order valence-electron chi connectivity index (χ3n) is 2.89. The van der Waals surface area contributed by atoms with E-state index in [-0.39, 0.29) is 17.7 Å². The number of aryl methyl sites for hydroxylation is 1. The highest BCUT2D eigenvalue weighted by molar-refractivity contribution is 7.17. The van der Waals surface area contributed by atoms with Gasteiger partial charge in [-0.15, -0.1) is 11.3 Å². The Labute approximate surface area is 112 Å². The minimum Gasteiger partial charge on any atom is -0.308 e. The number of aromatic nitrogens is 3. The van der Waals surface area contributed by atoms with Crippen LogP contribution in [0.5, 0.6) is 0 Å². The maximum absolute atomic E-state index is 11.9. The normalized spacial score (nSPS) is 11.0. The number of hydrogen-bond acceptors (Lipinski definition) is 4. The first-order valence-electron chi connectivity index (χ1n) is 5.77. The highest BCUT2D eigenvalue weighted by atomic mass is 32.1. The molecule has 0 saturated heterocycles. The number of fused-ring (bicyclic) bond motifs is 1. The molecule has 3 aromatic heterocycles. The maximum Gasteiger partial charge on any atom is 0.268 e. The third-order valence-corrected chi connectivity index (χ3v) is 3.80. The van der Waals surface area contributed by atoms with E-state index in [0.717, 1.165) is 0 Å². The van der Waals surface area contributed by atoms with E-state index in [1.54, 1.807) is 31.3 Å². The van der Waals surface area contributed by atoms with Crippen LogP contribution in [0.2, 0.25) is 0 Å². The smallest absolute Gasteiger partial charge is 0.268 e. The largest absolute Gasteiger partial charge is 0.308 e. The van der Waals surface area contributed by atoms with Crippen LogP contribution in [0.4, 0.5) is 0 Å². The van der Waals surface area contributed by atoms with Gasteiger partial charge in [0.1, 0.15) is 10.5 Å². The summed E-state index contributed by atoms with van der Waals surface area (Å²) in [7, 11) is 0. The van der Waals surface area contributed by atoms with E-state index < -0.39 is 0 Å². The van der Waals surface area contributed by atoms with Gasteiger partial charge >= 0.3 is 0 Å². The lowest BCUT2D eigenvalue weighted by Crippen LogP contribution is -2.24. The molecule has 0 aliphatic heterocycles. The van der Waals surface area contributed by atoms with Crippen LogP contribution in [0, 0.1) is 6.92 Å². The van der Waals surface area contributed by atoms with Crippen molar-refractivity contribution in [2.75, 3.05) is 0 Å². The van der Waals surface area contributed by atoms with Crippen molar-refractivity contribution in [3.8, 4) is 0 Å². The van der Waals surface area contributed by atoms with Gasteiger partial charge in [0.05, 0.1) is 12.1 Å². The Morgan fingerprint density at radius 3 is 3.05 bits per heavy atom. The molecule has 0 aromatic carbocycles. The number of thiophene rings is 1. The van der Waals surface area contributed by atoms with Gasteiger partial charge in [-0.2, -0.15) is 0 Å². The van der Waals surface area contributed by atoms with Crippen LogP contribution in [0.1, 0.15) is 11.4 Å². The molecule has 0 unspecified atom stereocenters. The van der Waals surface area contributed by atoms with Gasteiger partial charge in [0, 0.05) is 11.8 Å². The number of aromatic amines is 1. The zero-order chi connectivity index (χ0) is 13.4. The van der Waals surface area contributed by atoms with E-state index in [1.807, 2.05) is 5.38 Å². The summed E-state index contributed by atoms with van der Waals surface area (Å²) in [6.45, 7) is 2.03. The molecule has 0 bridgehead atoms. The van der Waals surface area contributed by atoms with Gasteiger partial charge < -0.3 is 9.55 Å². The number of nitrogens with zero attached hydrogens (tertiary/aromatic N) is 2. The molecule has 0 aliphatic carbocycles. The van der Waals surface area contributed by atoms with Crippen LogP contribution < -0.4 is 11.1 Å². The summed E-state index contributed by atoms with van der Waals surface area (Å²) in [6, 6.07) is 5.37. The molecule has 3 heterocycles. The summed E-state index contributed by atoms with van der Waals surface area (Å²) in [5, 5.41) is 1.83. The van der Waals surface area contributed by atoms with Gasteiger partial charge in [0.2, 0.25) is 0 Å². The first-order valence-corrected chi connectivity index (χ1v) is 6.65. The number of pyridine rings is 1. The number of rotatable bonds is 2. The molecular weight excluding hydrogens is 262 g/mol. The molecule has 5 nitrogen and oxygen atoms in total. The molecule has 0 spiro atoms. The van der Waals surface area contributed by atoms with Gasteiger partial charge in [-0.05, 0) is 24.4 Å². The van der Waals surface area contributed by atoms with Gasteiger partial charge in [0.15, 0.2) is 0 Å². The quantitative estimate of drug-likeness (QED) is 0.769. The molecule has 3 aromatic rings.